The summed E-state index contributed by atoms with van der Waals surface area (Å²) in [6.07, 6.45) is 1.09. The molecule has 0 fully saturated rings. The van der Waals surface area contributed by atoms with Crippen LogP contribution in [0, 0.1) is 0 Å². The molecule has 1 heteroatoms. The number of rotatable bonds is 2. The van der Waals surface area contributed by atoms with E-state index in [4.69, 9.17) is 0 Å². The highest BCUT2D eigenvalue weighted by molar-refractivity contribution is 5.50. The van der Waals surface area contributed by atoms with Crippen LogP contribution < -0.4 is 5.32 Å². The van der Waals surface area contributed by atoms with Crippen molar-refractivity contribution in [2.75, 3.05) is 12.4 Å². The van der Waals surface area contributed by atoms with Gasteiger partial charge >= 0.3 is 0 Å². The lowest BCUT2D eigenvalue weighted by Gasteiger charge is -2.04. The molecule has 0 atom stereocenters. The summed E-state index contributed by atoms with van der Waals surface area (Å²) in [4.78, 5) is 0. The molecule has 0 bridgehead atoms. The number of para-hydroxylation sites is 1. The van der Waals surface area contributed by atoms with Crippen LogP contribution in [-0.2, 0) is 6.42 Å². The number of benzene rings is 1. The van der Waals surface area contributed by atoms with E-state index >= 15 is 0 Å². The zero-order chi connectivity index (χ0) is 13.4. The van der Waals surface area contributed by atoms with Gasteiger partial charge in [-0.25, -0.2) is 0 Å². The van der Waals surface area contributed by atoms with E-state index in [1.54, 1.807) is 0 Å². The molecule has 0 saturated heterocycles. The molecule has 0 aliphatic heterocycles. The molecule has 98 valence electrons. The molecule has 0 spiro atoms. The van der Waals surface area contributed by atoms with Crippen LogP contribution in [0.15, 0.2) is 24.3 Å². The lowest BCUT2D eigenvalue weighted by Crippen LogP contribution is -1.92. The molecule has 1 rings (SSSR count). The number of hydrogen-bond donors (Lipinski definition) is 1. The largest absolute Gasteiger partial charge is 0.388 e. The van der Waals surface area contributed by atoms with E-state index in [0.717, 1.165) is 6.42 Å². The molecule has 0 heterocycles. The molecule has 1 N–H and O–H groups in total. The maximum atomic E-state index is 3.15. The Morgan fingerprint density at radius 1 is 0.938 bits per heavy atom. The van der Waals surface area contributed by atoms with Gasteiger partial charge in [0, 0.05) is 14.2 Å². The Kier molecular flexibility index (Phi) is 25.0. The van der Waals surface area contributed by atoms with Gasteiger partial charge in [0.25, 0.3) is 0 Å². The van der Waals surface area contributed by atoms with Crippen LogP contribution in [0.3, 0.4) is 0 Å². The summed E-state index contributed by atoms with van der Waals surface area (Å²) in [6.45, 7) is 14.2. The van der Waals surface area contributed by atoms with E-state index in [9.17, 15) is 0 Å². The minimum atomic E-state index is 0. The van der Waals surface area contributed by atoms with Crippen LogP contribution in [-0.4, -0.2) is 7.05 Å². The standard InChI is InChI=1S/C9H13N.3C2H6.H2/c1-3-8-6-4-5-7-9(8)10-2;3*1-2;/h4-7,10H,3H2,1-2H3;3*1-2H3;1H. The predicted octanol–water partition coefficient (Wildman–Crippen LogP) is 5.62. The number of aryl methyl sites for hydroxylation is 1. The first-order valence-electron chi connectivity index (χ1n) is 6.64. The fourth-order valence-corrected chi connectivity index (χ4v) is 1.07. The van der Waals surface area contributed by atoms with Gasteiger partial charge in [0.2, 0.25) is 0 Å². The summed E-state index contributed by atoms with van der Waals surface area (Å²) >= 11 is 0. The summed E-state index contributed by atoms with van der Waals surface area (Å²) in [5.41, 5.74) is 2.62. The summed E-state index contributed by atoms with van der Waals surface area (Å²) < 4.78 is 0. The van der Waals surface area contributed by atoms with Crippen molar-refractivity contribution >= 4 is 5.69 Å². The lowest BCUT2D eigenvalue weighted by molar-refractivity contribution is 1.14. The maximum Gasteiger partial charge on any atom is 0.0370 e. The average molecular weight is 227 g/mol. The predicted molar refractivity (Wildman–Crippen MR) is 81.5 cm³/mol. The summed E-state index contributed by atoms with van der Waals surface area (Å²) in [7, 11) is 1.95. The highest BCUT2D eigenvalue weighted by Gasteiger charge is 1.93. The van der Waals surface area contributed by atoms with E-state index in [2.05, 4.69) is 30.4 Å². The SMILES string of the molecule is CC.CC.CC.CCc1ccccc1NC.[HH]. The smallest absolute Gasteiger partial charge is 0.0370 e. The summed E-state index contributed by atoms with van der Waals surface area (Å²) in [5.74, 6) is 0. The second-order valence-corrected chi connectivity index (χ2v) is 2.26. The van der Waals surface area contributed by atoms with Gasteiger partial charge in [-0.2, -0.15) is 0 Å². The van der Waals surface area contributed by atoms with Gasteiger partial charge in [0.05, 0.1) is 0 Å². The fraction of sp³-hybridized carbons (Fsp3) is 0.600. The molecule has 0 radical (unpaired) electrons. The maximum absolute atomic E-state index is 3.15. The Hall–Kier alpha value is -0.980. The molecule has 16 heavy (non-hydrogen) atoms. The monoisotopic (exact) mass is 227 g/mol. The number of hydrogen-bond acceptors (Lipinski definition) is 1. The van der Waals surface area contributed by atoms with Crippen LogP contribution in [0.2, 0.25) is 0 Å². The van der Waals surface area contributed by atoms with Gasteiger partial charge in [-0.15, -0.1) is 0 Å². The fourth-order valence-electron chi connectivity index (χ4n) is 1.07. The van der Waals surface area contributed by atoms with Crippen molar-refractivity contribution in [3.8, 4) is 0 Å². The van der Waals surface area contributed by atoms with E-state index in [1.807, 2.05) is 54.7 Å². The van der Waals surface area contributed by atoms with E-state index in [1.165, 1.54) is 11.3 Å². The van der Waals surface area contributed by atoms with Gasteiger partial charge < -0.3 is 5.32 Å². The van der Waals surface area contributed by atoms with E-state index in [0.29, 0.717) is 0 Å². The van der Waals surface area contributed by atoms with Crippen LogP contribution in [0.25, 0.3) is 0 Å². The molecular formula is C15H33N. The molecular weight excluding hydrogens is 194 g/mol. The molecule has 0 unspecified atom stereocenters. The molecule has 0 aliphatic rings. The Balaban J connectivity index is -0.000000106. The highest BCUT2D eigenvalue weighted by atomic mass is 14.8. The Bertz CT molecular complexity index is 189. The first-order valence-corrected chi connectivity index (χ1v) is 6.64. The highest BCUT2D eigenvalue weighted by Crippen LogP contribution is 2.13. The Labute approximate surface area is 105 Å². The zero-order valence-corrected chi connectivity index (χ0v) is 12.5. The van der Waals surface area contributed by atoms with Crippen LogP contribution in [0.1, 0.15) is 55.5 Å². The second kappa shape index (κ2) is 19.6. The van der Waals surface area contributed by atoms with Gasteiger partial charge in [-0.1, -0.05) is 66.7 Å². The van der Waals surface area contributed by atoms with Gasteiger partial charge in [0.15, 0.2) is 0 Å². The minimum Gasteiger partial charge on any atom is -0.388 e. The average Bonchev–Trinajstić information content (AvgIpc) is 2.45. The van der Waals surface area contributed by atoms with E-state index in [-0.39, 0.29) is 1.43 Å². The topological polar surface area (TPSA) is 12.0 Å². The first-order chi connectivity index (χ1) is 7.88. The van der Waals surface area contributed by atoms with Crippen LogP contribution in [0.5, 0.6) is 0 Å². The number of anilines is 1. The normalized spacial score (nSPS) is 7.00. The molecule has 0 aromatic heterocycles. The molecule has 1 nitrogen and oxygen atoms in total. The Morgan fingerprint density at radius 3 is 1.69 bits per heavy atom. The van der Waals surface area contributed by atoms with Crippen molar-refractivity contribution in [3.05, 3.63) is 29.8 Å². The third-order valence-electron chi connectivity index (χ3n) is 1.67. The number of nitrogens with one attached hydrogen (secondary N) is 1. The summed E-state index contributed by atoms with van der Waals surface area (Å²) in [5, 5.41) is 3.15. The molecule has 1 aromatic carbocycles. The lowest BCUT2D eigenvalue weighted by atomic mass is 10.1. The Morgan fingerprint density at radius 2 is 1.38 bits per heavy atom. The molecule has 0 aliphatic carbocycles. The van der Waals surface area contributed by atoms with Gasteiger partial charge in [0.1, 0.15) is 0 Å². The second-order valence-electron chi connectivity index (χ2n) is 2.26. The molecule has 0 saturated carbocycles. The van der Waals surface area contributed by atoms with Crippen molar-refractivity contribution in [1.82, 2.24) is 0 Å². The third kappa shape index (κ3) is 9.57. The zero-order valence-electron chi connectivity index (χ0n) is 12.5. The van der Waals surface area contributed by atoms with Gasteiger partial charge in [-0.3, -0.25) is 0 Å². The van der Waals surface area contributed by atoms with Crippen molar-refractivity contribution in [2.24, 2.45) is 0 Å². The van der Waals surface area contributed by atoms with Crippen molar-refractivity contribution in [3.63, 3.8) is 0 Å². The van der Waals surface area contributed by atoms with Crippen LogP contribution >= 0.6 is 0 Å². The van der Waals surface area contributed by atoms with Crippen molar-refractivity contribution < 1.29 is 1.43 Å². The molecule has 1 aromatic rings. The minimum absolute atomic E-state index is 0. The van der Waals surface area contributed by atoms with Crippen LogP contribution in [0.4, 0.5) is 5.69 Å². The summed E-state index contributed by atoms with van der Waals surface area (Å²) in [6, 6.07) is 8.36. The first kappa shape index (κ1) is 20.4. The van der Waals surface area contributed by atoms with Crippen molar-refractivity contribution in [1.29, 1.82) is 0 Å². The van der Waals surface area contributed by atoms with E-state index < -0.39 is 0 Å². The third-order valence-corrected chi connectivity index (χ3v) is 1.67. The molecule has 0 amide bonds. The quantitative estimate of drug-likeness (QED) is 0.692. The van der Waals surface area contributed by atoms with Crippen molar-refractivity contribution in [2.45, 2.75) is 54.9 Å². The van der Waals surface area contributed by atoms with Gasteiger partial charge in [-0.05, 0) is 18.1 Å².